The van der Waals surface area contributed by atoms with Crippen LogP contribution in [0.1, 0.15) is 38.2 Å². The lowest BCUT2D eigenvalue weighted by atomic mass is 10.2. The number of carbonyl (C=O) groups excluding carboxylic acids is 1. The zero-order chi connectivity index (χ0) is 15.4. The summed E-state index contributed by atoms with van der Waals surface area (Å²) in [4.78, 5) is 13.3. The molecule has 0 aliphatic heterocycles. The van der Waals surface area contributed by atoms with Crippen LogP contribution < -0.4 is 10.6 Å². The first-order valence-electron chi connectivity index (χ1n) is 7.84. The van der Waals surface area contributed by atoms with E-state index in [1.54, 1.807) is 11.3 Å². The molecule has 0 radical (unpaired) electrons. The molecule has 3 N–H and O–H groups in total. The Bertz CT molecular complexity index is 601. The molecule has 1 fully saturated rings. The first-order chi connectivity index (χ1) is 10.7. The van der Waals surface area contributed by atoms with Crippen molar-refractivity contribution in [3.05, 3.63) is 29.3 Å². The highest BCUT2D eigenvalue weighted by atomic mass is 32.1. The Kier molecular flexibility index (Phi) is 4.90. The van der Waals surface area contributed by atoms with Gasteiger partial charge in [0.05, 0.1) is 22.8 Å². The number of amides is 1. The molecule has 118 valence electrons. The number of nitrogens with zero attached hydrogens (tertiary/aromatic N) is 1. The van der Waals surface area contributed by atoms with Crippen LogP contribution in [0.4, 0.5) is 0 Å². The summed E-state index contributed by atoms with van der Waals surface area (Å²) >= 11 is 1.68. The van der Waals surface area contributed by atoms with Gasteiger partial charge in [-0.3, -0.25) is 9.89 Å². The van der Waals surface area contributed by atoms with Crippen molar-refractivity contribution in [1.82, 2.24) is 20.8 Å². The number of H-pyrrole nitrogens is 1. The van der Waals surface area contributed by atoms with E-state index in [4.69, 9.17) is 0 Å². The number of thiophene rings is 1. The lowest BCUT2D eigenvalue weighted by molar-refractivity contribution is -0.123. The Labute approximate surface area is 134 Å². The number of carbonyl (C=O) groups is 1. The fourth-order valence-electron chi connectivity index (χ4n) is 2.83. The van der Waals surface area contributed by atoms with Crippen LogP contribution in [0.2, 0.25) is 0 Å². The topological polar surface area (TPSA) is 69.8 Å². The summed E-state index contributed by atoms with van der Waals surface area (Å²) in [6.07, 6.45) is 6.51. The van der Waals surface area contributed by atoms with Crippen LogP contribution in [0.25, 0.3) is 10.6 Å². The molecule has 1 aliphatic rings. The third-order valence-electron chi connectivity index (χ3n) is 4.18. The van der Waals surface area contributed by atoms with E-state index in [1.807, 2.05) is 24.6 Å². The molecule has 0 bridgehead atoms. The number of aromatic nitrogens is 2. The smallest absolute Gasteiger partial charge is 0.237 e. The van der Waals surface area contributed by atoms with Gasteiger partial charge in [-0.1, -0.05) is 18.9 Å². The quantitative estimate of drug-likeness (QED) is 0.767. The second kappa shape index (κ2) is 7.07. The van der Waals surface area contributed by atoms with Gasteiger partial charge in [0.1, 0.15) is 0 Å². The molecule has 2 aromatic rings. The fraction of sp³-hybridized carbons (Fsp3) is 0.500. The summed E-state index contributed by atoms with van der Waals surface area (Å²) < 4.78 is 0. The van der Waals surface area contributed by atoms with Crippen molar-refractivity contribution in [2.45, 2.75) is 51.2 Å². The normalized spacial score (nSPS) is 16.8. The van der Waals surface area contributed by atoms with Crippen LogP contribution in [-0.2, 0) is 11.3 Å². The van der Waals surface area contributed by atoms with Crippen LogP contribution >= 0.6 is 11.3 Å². The predicted molar refractivity (Wildman–Crippen MR) is 88.6 cm³/mol. The van der Waals surface area contributed by atoms with Crippen molar-refractivity contribution in [2.24, 2.45) is 0 Å². The number of nitrogens with one attached hydrogen (secondary N) is 3. The second-order valence-corrected chi connectivity index (χ2v) is 6.79. The summed E-state index contributed by atoms with van der Waals surface area (Å²) in [5.41, 5.74) is 2.12. The van der Waals surface area contributed by atoms with E-state index in [1.165, 1.54) is 12.8 Å². The van der Waals surface area contributed by atoms with E-state index < -0.39 is 0 Å². The Morgan fingerprint density at radius 2 is 2.32 bits per heavy atom. The third-order valence-corrected chi connectivity index (χ3v) is 5.07. The number of hydrogen-bond acceptors (Lipinski definition) is 4. The Hall–Kier alpha value is -1.66. The zero-order valence-electron chi connectivity index (χ0n) is 12.8. The van der Waals surface area contributed by atoms with Gasteiger partial charge in [0.15, 0.2) is 0 Å². The molecule has 1 atom stereocenters. The molecule has 6 heteroatoms. The minimum Gasteiger partial charge on any atom is -0.352 e. The molecule has 0 aromatic carbocycles. The Morgan fingerprint density at radius 3 is 3.05 bits per heavy atom. The maximum atomic E-state index is 12.2. The van der Waals surface area contributed by atoms with E-state index in [2.05, 4.69) is 26.9 Å². The summed E-state index contributed by atoms with van der Waals surface area (Å²) in [5.74, 6) is 0.0908. The standard InChI is InChI=1S/C16H22N4OS/c1-11(16(21)19-13-5-2-3-6-13)17-9-12-10-18-20-15(12)14-7-4-8-22-14/h4,7-8,10-11,13,17H,2-3,5-6,9H2,1H3,(H,18,20)(H,19,21)/t11-/m1/s1. The van der Waals surface area contributed by atoms with E-state index in [0.29, 0.717) is 12.6 Å². The van der Waals surface area contributed by atoms with Crippen molar-refractivity contribution in [3.8, 4) is 10.6 Å². The van der Waals surface area contributed by atoms with Gasteiger partial charge in [-0.25, -0.2) is 0 Å². The molecule has 1 aliphatic carbocycles. The lowest BCUT2D eigenvalue weighted by Gasteiger charge is -2.17. The maximum Gasteiger partial charge on any atom is 0.237 e. The van der Waals surface area contributed by atoms with Gasteiger partial charge in [0, 0.05) is 18.2 Å². The summed E-state index contributed by atoms with van der Waals surface area (Å²) in [5, 5.41) is 15.6. The number of rotatable bonds is 6. The van der Waals surface area contributed by atoms with Gasteiger partial charge < -0.3 is 10.6 Å². The molecule has 1 amide bonds. The van der Waals surface area contributed by atoms with Gasteiger partial charge in [0.2, 0.25) is 5.91 Å². The lowest BCUT2D eigenvalue weighted by Crippen LogP contribution is -2.45. The van der Waals surface area contributed by atoms with Gasteiger partial charge in [-0.05, 0) is 31.2 Å². The minimum atomic E-state index is -0.202. The molecule has 22 heavy (non-hydrogen) atoms. The van der Waals surface area contributed by atoms with E-state index in [0.717, 1.165) is 29.0 Å². The highest BCUT2D eigenvalue weighted by molar-refractivity contribution is 7.13. The summed E-state index contributed by atoms with van der Waals surface area (Å²) in [6.45, 7) is 2.54. The Morgan fingerprint density at radius 1 is 1.50 bits per heavy atom. The van der Waals surface area contributed by atoms with E-state index >= 15 is 0 Å². The first-order valence-corrected chi connectivity index (χ1v) is 8.72. The van der Waals surface area contributed by atoms with Crippen molar-refractivity contribution in [1.29, 1.82) is 0 Å². The first kappa shape index (κ1) is 15.2. The Balaban J connectivity index is 1.54. The molecule has 1 saturated carbocycles. The second-order valence-electron chi connectivity index (χ2n) is 5.84. The van der Waals surface area contributed by atoms with Crippen LogP contribution in [0.3, 0.4) is 0 Å². The molecular weight excluding hydrogens is 296 g/mol. The third kappa shape index (κ3) is 3.56. The molecule has 2 heterocycles. The zero-order valence-corrected chi connectivity index (χ0v) is 13.6. The van der Waals surface area contributed by atoms with Crippen molar-refractivity contribution < 1.29 is 4.79 Å². The SMILES string of the molecule is C[C@@H](NCc1cn[nH]c1-c1cccs1)C(=O)NC1CCCC1. The largest absolute Gasteiger partial charge is 0.352 e. The molecule has 0 unspecified atom stereocenters. The van der Waals surface area contributed by atoms with Gasteiger partial charge in [0.25, 0.3) is 0 Å². The highest BCUT2D eigenvalue weighted by Crippen LogP contribution is 2.25. The van der Waals surface area contributed by atoms with Crippen LogP contribution in [-0.4, -0.2) is 28.2 Å². The molecule has 0 saturated heterocycles. The molecule has 5 nitrogen and oxygen atoms in total. The molecular formula is C16H22N4OS. The van der Waals surface area contributed by atoms with Crippen molar-refractivity contribution in [3.63, 3.8) is 0 Å². The number of hydrogen-bond donors (Lipinski definition) is 3. The van der Waals surface area contributed by atoms with Gasteiger partial charge >= 0.3 is 0 Å². The van der Waals surface area contributed by atoms with E-state index in [9.17, 15) is 4.79 Å². The van der Waals surface area contributed by atoms with Crippen molar-refractivity contribution in [2.75, 3.05) is 0 Å². The van der Waals surface area contributed by atoms with Gasteiger partial charge in [-0.2, -0.15) is 5.10 Å². The minimum absolute atomic E-state index is 0.0908. The molecule has 3 rings (SSSR count). The van der Waals surface area contributed by atoms with E-state index in [-0.39, 0.29) is 11.9 Å². The van der Waals surface area contributed by atoms with Crippen LogP contribution in [0.15, 0.2) is 23.7 Å². The van der Waals surface area contributed by atoms with Crippen LogP contribution in [0.5, 0.6) is 0 Å². The van der Waals surface area contributed by atoms with Gasteiger partial charge in [-0.15, -0.1) is 11.3 Å². The highest BCUT2D eigenvalue weighted by Gasteiger charge is 2.20. The monoisotopic (exact) mass is 318 g/mol. The summed E-state index contributed by atoms with van der Waals surface area (Å²) in [7, 11) is 0. The summed E-state index contributed by atoms with van der Waals surface area (Å²) in [6, 6.07) is 4.26. The fourth-order valence-corrected chi connectivity index (χ4v) is 3.59. The van der Waals surface area contributed by atoms with Crippen molar-refractivity contribution >= 4 is 17.2 Å². The average molecular weight is 318 g/mol. The van der Waals surface area contributed by atoms with Crippen LogP contribution in [0, 0.1) is 0 Å². The molecule has 0 spiro atoms. The predicted octanol–water partition coefficient (Wildman–Crippen LogP) is 2.68. The maximum absolute atomic E-state index is 12.2. The number of aromatic amines is 1. The average Bonchev–Trinajstić information content (AvgIpc) is 3.25. The molecule has 2 aromatic heterocycles.